The Hall–Kier alpha value is -2.74. The number of hydrogen-bond acceptors (Lipinski definition) is 5. The molecule has 0 fully saturated rings. The molecule has 4 rings (SSSR count). The van der Waals surface area contributed by atoms with Crippen LogP contribution in [-0.4, -0.2) is 44.6 Å². The van der Waals surface area contributed by atoms with Gasteiger partial charge in [0.05, 0.1) is 18.8 Å². The number of thiazole rings is 1. The van der Waals surface area contributed by atoms with Gasteiger partial charge in [-0.3, -0.25) is 5.10 Å². The lowest BCUT2D eigenvalue weighted by atomic mass is 10.0. The van der Waals surface area contributed by atoms with Crippen LogP contribution in [0.3, 0.4) is 0 Å². The number of aromatic amines is 1. The molecule has 152 valence electrons. The maximum atomic E-state index is 4.87. The molecule has 3 aromatic rings. The summed E-state index contributed by atoms with van der Waals surface area (Å²) in [5, 5.41) is 11.4. The highest BCUT2D eigenvalue weighted by Crippen LogP contribution is 2.27. The Kier molecular flexibility index (Phi) is 6.19. The fourth-order valence-corrected chi connectivity index (χ4v) is 4.76. The Morgan fingerprint density at radius 1 is 1.31 bits per heavy atom. The number of fused-ring (bicyclic) bond motifs is 1. The minimum atomic E-state index is 0.600. The van der Waals surface area contributed by atoms with Crippen molar-refractivity contribution in [3.8, 4) is 11.4 Å². The molecular weight excluding hydrogens is 382 g/mol. The summed E-state index contributed by atoms with van der Waals surface area (Å²) in [6, 6.07) is 8.24. The molecule has 1 aliphatic rings. The maximum absolute atomic E-state index is 4.87. The SMILES string of the molecule is CCNC(=NCc1cccc(-c2ncn[nH]2)c1)N(C)Cc1nc2c(s1)CCCC2. The molecule has 0 amide bonds. The first-order chi connectivity index (χ1) is 14.2. The molecule has 29 heavy (non-hydrogen) atoms. The Balaban J connectivity index is 1.46. The molecule has 0 radical (unpaired) electrons. The van der Waals surface area contributed by atoms with Crippen molar-refractivity contribution in [2.45, 2.75) is 45.7 Å². The van der Waals surface area contributed by atoms with Crippen molar-refractivity contribution in [2.75, 3.05) is 13.6 Å². The zero-order valence-corrected chi connectivity index (χ0v) is 17.8. The van der Waals surface area contributed by atoms with Crippen molar-refractivity contribution in [1.29, 1.82) is 0 Å². The van der Waals surface area contributed by atoms with Gasteiger partial charge in [-0.1, -0.05) is 18.2 Å². The largest absolute Gasteiger partial charge is 0.357 e. The normalized spacial score (nSPS) is 13.9. The van der Waals surface area contributed by atoms with Gasteiger partial charge < -0.3 is 10.2 Å². The Labute approximate surface area is 175 Å². The van der Waals surface area contributed by atoms with Crippen molar-refractivity contribution in [2.24, 2.45) is 4.99 Å². The van der Waals surface area contributed by atoms with Gasteiger partial charge in [-0.15, -0.1) is 11.3 Å². The third-order valence-electron chi connectivity index (χ3n) is 4.99. The molecule has 0 spiro atoms. The van der Waals surface area contributed by atoms with E-state index in [-0.39, 0.29) is 0 Å². The van der Waals surface area contributed by atoms with E-state index in [0.717, 1.165) is 42.4 Å². The average molecular weight is 410 g/mol. The predicted molar refractivity (Wildman–Crippen MR) is 117 cm³/mol. The number of rotatable bonds is 6. The van der Waals surface area contributed by atoms with Crippen LogP contribution in [0.4, 0.5) is 0 Å². The highest BCUT2D eigenvalue weighted by Gasteiger charge is 2.17. The molecule has 0 saturated heterocycles. The highest BCUT2D eigenvalue weighted by molar-refractivity contribution is 7.11. The summed E-state index contributed by atoms with van der Waals surface area (Å²) in [7, 11) is 2.08. The van der Waals surface area contributed by atoms with Crippen LogP contribution < -0.4 is 5.32 Å². The molecule has 2 heterocycles. The number of aromatic nitrogens is 4. The van der Waals surface area contributed by atoms with Crippen LogP contribution in [0.1, 0.15) is 40.9 Å². The molecule has 1 aliphatic carbocycles. The van der Waals surface area contributed by atoms with Gasteiger partial charge in [0, 0.05) is 24.0 Å². The Bertz CT molecular complexity index is 938. The second kappa shape index (κ2) is 9.17. The van der Waals surface area contributed by atoms with Crippen molar-refractivity contribution >= 4 is 17.3 Å². The lowest BCUT2D eigenvalue weighted by molar-refractivity contribution is 0.474. The van der Waals surface area contributed by atoms with Gasteiger partial charge in [-0.25, -0.2) is 15.0 Å². The number of hydrogen-bond donors (Lipinski definition) is 2. The first-order valence-electron chi connectivity index (χ1n) is 10.1. The average Bonchev–Trinajstić information content (AvgIpc) is 3.40. The summed E-state index contributed by atoms with van der Waals surface area (Å²) >= 11 is 1.86. The van der Waals surface area contributed by atoms with Crippen molar-refractivity contribution in [1.82, 2.24) is 30.4 Å². The predicted octanol–water partition coefficient (Wildman–Crippen LogP) is 3.40. The zero-order chi connectivity index (χ0) is 20.1. The van der Waals surface area contributed by atoms with E-state index < -0.39 is 0 Å². The quantitative estimate of drug-likeness (QED) is 0.482. The number of nitrogens with zero attached hydrogens (tertiary/aromatic N) is 5. The summed E-state index contributed by atoms with van der Waals surface area (Å²) in [6.45, 7) is 4.30. The number of aliphatic imine (C=N–C) groups is 1. The minimum absolute atomic E-state index is 0.600. The van der Waals surface area contributed by atoms with E-state index in [1.54, 1.807) is 0 Å². The number of benzene rings is 1. The number of guanidine groups is 1. The molecule has 0 bridgehead atoms. The van der Waals surface area contributed by atoms with Crippen LogP contribution >= 0.6 is 11.3 Å². The monoisotopic (exact) mass is 409 g/mol. The molecule has 0 aliphatic heterocycles. The van der Waals surface area contributed by atoms with E-state index in [1.807, 2.05) is 23.5 Å². The van der Waals surface area contributed by atoms with E-state index in [0.29, 0.717) is 6.54 Å². The zero-order valence-electron chi connectivity index (χ0n) is 17.0. The summed E-state index contributed by atoms with van der Waals surface area (Å²) in [6.07, 6.45) is 6.40. The van der Waals surface area contributed by atoms with E-state index in [1.165, 1.54) is 41.2 Å². The summed E-state index contributed by atoms with van der Waals surface area (Å²) in [5.41, 5.74) is 3.46. The van der Waals surface area contributed by atoms with Crippen LogP contribution in [0.25, 0.3) is 11.4 Å². The second-order valence-electron chi connectivity index (χ2n) is 7.25. The van der Waals surface area contributed by atoms with Gasteiger partial charge in [0.25, 0.3) is 0 Å². The van der Waals surface area contributed by atoms with Crippen molar-refractivity contribution < 1.29 is 0 Å². The summed E-state index contributed by atoms with van der Waals surface area (Å²) in [5.74, 6) is 1.67. The highest BCUT2D eigenvalue weighted by atomic mass is 32.1. The fourth-order valence-electron chi connectivity index (χ4n) is 3.55. The van der Waals surface area contributed by atoms with Gasteiger partial charge in [0.15, 0.2) is 11.8 Å². The molecule has 0 unspecified atom stereocenters. The molecule has 0 atom stereocenters. The molecule has 7 nitrogen and oxygen atoms in total. The van der Waals surface area contributed by atoms with Crippen molar-refractivity contribution in [3.05, 3.63) is 51.7 Å². The molecule has 2 aromatic heterocycles. The fraction of sp³-hybridized carbons (Fsp3) is 0.429. The van der Waals surface area contributed by atoms with Crippen LogP contribution in [0, 0.1) is 0 Å². The Morgan fingerprint density at radius 2 is 2.21 bits per heavy atom. The van der Waals surface area contributed by atoms with E-state index in [4.69, 9.17) is 9.98 Å². The summed E-state index contributed by atoms with van der Waals surface area (Å²) in [4.78, 5) is 17.6. The van der Waals surface area contributed by atoms with E-state index in [9.17, 15) is 0 Å². The van der Waals surface area contributed by atoms with Crippen LogP contribution in [0.2, 0.25) is 0 Å². The number of nitrogens with one attached hydrogen (secondary N) is 2. The third kappa shape index (κ3) is 4.82. The lowest BCUT2D eigenvalue weighted by Crippen LogP contribution is -2.38. The lowest BCUT2D eigenvalue weighted by Gasteiger charge is -2.21. The van der Waals surface area contributed by atoms with Crippen molar-refractivity contribution in [3.63, 3.8) is 0 Å². The van der Waals surface area contributed by atoms with E-state index in [2.05, 4.69) is 51.5 Å². The standard InChI is InChI=1S/C21H27N7S/c1-3-22-21(28(2)13-19-26-17-9-4-5-10-18(17)29-19)23-12-15-7-6-8-16(11-15)20-24-14-25-27-20/h6-8,11,14H,3-5,9-10,12-13H2,1-2H3,(H,22,23)(H,24,25,27). The smallest absolute Gasteiger partial charge is 0.194 e. The van der Waals surface area contributed by atoms with Gasteiger partial charge in [0.1, 0.15) is 11.3 Å². The molecule has 0 saturated carbocycles. The first-order valence-corrected chi connectivity index (χ1v) is 11.0. The van der Waals surface area contributed by atoms with Gasteiger partial charge in [-0.2, -0.15) is 5.10 Å². The topological polar surface area (TPSA) is 82.1 Å². The molecular formula is C21H27N7S. The molecule has 8 heteroatoms. The third-order valence-corrected chi connectivity index (χ3v) is 6.13. The van der Waals surface area contributed by atoms with Crippen LogP contribution in [0.15, 0.2) is 35.6 Å². The summed E-state index contributed by atoms with van der Waals surface area (Å²) < 4.78 is 0. The van der Waals surface area contributed by atoms with E-state index >= 15 is 0 Å². The second-order valence-corrected chi connectivity index (χ2v) is 8.41. The molecule has 1 aromatic carbocycles. The maximum Gasteiger partial charge on any atom is 0.194 e. The molecule has 2 N–H and O–H groups in total. The van der Waals surface area contributed by atoms with Gasteiger partial charge in [0.2, 0.25) is 0 Å². The van der Waals surface area contributed by atoms with Gasteiger partial charge in [-0.05, 0) is 44.2 Å². The minimum Gasteiger partial charge on any atom is -0.357 e. The Morgan fingerprint density at radius 3 is 3.00 bits per heavy atom. The van der Waals surface area contributed by atoms with Gasteiger partial charge >= 0.3 is 0 Å². The van der Waals surface area contributed by atoms with Crippen LogP contribution in [-0.2, 0) is 25.9 Å². The first kappa shape index (κ1) is 19.6. The number of H-pyrrole nitrogens is 1. The number of aryl methyl sites for hydroxylation is 2. The van der Waals surface area contributed by atoms with Crippen LogP contribution in [0.5, 0.6) is 0 Å².